The molecule has 1 aromatic carbocycles. The van der Waals surface area contributed by atoms with Crippen molar-refractivity contribution in [3.05, 3.63) is 48.8 Å². The number of anilines is 1. The van der Waals surface area contributed by atoms with Crippen molar-refractivity contribution in [1.82, 2.24) is 15.2 Å². The molecule has 0 aliphatic carbocycles. The number of rotatable bonds is 5. The van der Waals surface area contributed by atoms with E-state index in [1.807, 2.05) is 0 Å². The highest BCUT2D eigenvalue weighted by molar-refractivity contribution is 8.13. The lowest BCUT2D eigenvalue weighted by molar-refractivity contribution is -0.109. The highest BCUT2D eigenvalue weighted by atomic mass is 32.2. The minimum Gasteiger partial charge on any atom is -0.506 e. The predicted molar refractivity (Wildman–Crippen MR) is 85.0 cm³/mol. The van der Waals surface area contributed by atoms with E-state index in [0.29, 0.717) is 11.6 Å². The summed E-state index contributed by atoms with van der Waals surface area (Å²) in [5.41, 5.74) is 1.23. The van der Waals surface area contributed by atoms with Crippen molar-refractivity contribution in [2.45, 2.75) is 5.22 Å². The van der Waals surface area contributed by atoms with Gasteiger partial charge >= 0.3 is 0 Å². The molecule has 2 heterocycles. The molecule has 0 unspecified atom stereocenters. The molecule has 0 saturated heterocycles. The molecule has 7 nitrogen and oxygen atoms in total. The summed E-state index contributed by atoms with van der Waals surface area (Å²) >= 11 is 0.845. The molecule has 0 spiro atoms. The zero-order valence-corrected chi connectivity index (χ0v) is 12.7. The van der Waals surface area contributed by atoms with E-state index in [2.05, 4.69) is 20.5 Å². The van der Waals surface area contributed by atoms with E-state index in [-0.39, 0.29) is 22.6 Å². The van der Waals surface area contributed by atoms with Gasteiger partial charge in [-0.05, 0) is 24.3 Å². The van der Waals surface area contributed by atoms with Crippen molar-refractivity contribution >= 4 is 22.6 Å². The number of pyridine rings is 1. The van der Waals surface area contributed by atoms with Gasteiger partial charge in [-0.1, -0.05) is 12.1 Å². The topological polar surface area (TPSA) is 101 Å². The number of carbonyl (C=O) groups excluding carboxylic acids is 1. The Labute approximate surface area is 135 Å². The Kier molecular flexibility index (Phi) is 4.53. The van der Waals surface area contributed by atoms with Gasteiger partial charge in [-0.15, -0.1) is 10.2 Å². The lowest BCUT2D eigenvalue weighted by atomic mass is 10.3. The van der Waals surface area contributed by atoms with Crippen molar-refractivity contribution in [3.63, 3.8) is 0 Å². The number of phenols is 1. The molecule has 0 radical (unpaired) electrons. The van der Waals surface area contributed by atoms with Crippen LogP contribution in [-0.4, -0.2) is 31.9 Å². The lowest BCUT2D eigenvalue weighted by Gasteiger charge is -2.05. The third-order valence-electron chi connectivity index (χ3n) is 2.86. The molecule has 2 N–H and O–H groups in total. The van der Waals surface area contributed by atoms with E-state index in [4.69, 9.17) is 4.42 Å². The number of thioether (sulfide) groups is 1. The quantitative estimate of drug-likeness (QED) is 0.544. The molecule has 0 aliphatic heterocycles. The molecule has 3 rings (SSSR count). The van der Waals surface area contributed by atoms with Crippen molar-refractivity contribution in [2.24, 2.45) is 0 Å². The van der Waals surface area contributed by atoms with E-state index < -0.39 is 0 Å². The van der Waals surface area contributed by atoms with Gasteiger partial charge in [0.05, 0.1) is 12.2 Å². The van der Waals surface area contributed by atoms with Crippen LogP contribution in [-0.2, 0) is 4.79 Å². The molecule has 8 heteroatoms. The standard InChI is InChI=1S/C15H12N4O3S/c20-12-4-2-1-3-11(12)17-9-13(21)23-15-19-18-14(22-15)10-5-7-16-8-6-10/h1-8,17,20H,9H2. The Balaban J connectivity index is 1.58. The Morgan fingerprint density at radius 2 is 1.96 bits per heavy atom. The van der Waals surface area contributed by atoms with Crippen LogP contribution >= 0.6 is 11.8 Å². The molecule has 23 heavy (non-hydrogen) atoms. The van der Waals surface area contributed by atoms with Gasteiger partial charge in [0, 0.05) is 29.7 Å². The molecular weight excluding hydrogens is 316 g/mol. The summed E-state index contributed by atoms with van der Waals surface area (Å²) in [5.74, 6) is 0.416. The van der Waals surface area contributed by atoms with E-state index in [1.165, 1.54) is 0 Å². The summed E-state index contributed by atoms with van der Waals surface area (Å²) in [6, 6.07) is 10.2. The molecular formula is C15H12N4O3S. The summed E-state index contributed by atoms with van der Waals surface area (Å²) in [6.07, 6.45) is 3.24. The molecule has 0 fully saturated rings. The van der Waals surface area contributed by atoms with Gasteiger partial charge < -0.3 is 14.8 Å². The van der Waals surface area contributed by atoms with Gasteiger partial charge in [0.15, 0.2) is 0 Å². The fraction of sp³-hybridized carbons (Fsp3) is 0.0667. The zero-order chi connectivity index (χ0) is 16.1. The smallest absolute Gasteiger partial charge is 0.284 e. The molecule has 0 atom stereocenters. The second kappa shape index (κ2) is 6.93. The summed E-state index contributed by atoms with van der Waals surface area (Å²) in [4.78, 5) is 15.8. The predicted octanol–water partition coefficient (Wildman–Crippen LogP) is 2.57. The second-order valence-corrected chi connectivity index (χ2v) is 5.46. The fourth-order valence-electron chi connectivity index (χ4n) is 1.79. The van der Waals surface area contributed by atoms with Gasteiger partial charge in [-0.25, -0.2) is 0 Å². The van der Waals surface area contributed by atoms with Crippen LogP contribution in [0.4, 0.5) is 5.69 Å². The van der Waals surface area contributed by atoms with Crippen molar-refractivity contribution in [1.29, 1.82) is 0 Å². The Bertz CT molecular complexity index is 807. The molecule has 0 aliphatic rings. The molecule has 2 aromatic heterocycles. The Hall–Kier alpha value is -2.87. The minimum atomic E-state index is -0.210. The summed E-state index contributed by atoms with van der Waals surface area (Å²) in [6.45, 7) is 0.0230. The lowest BCUT2D eigenvalue weighted by Crippen LogP contribution is -2.10. The molecule has 3 aromatic rings. The number of carbonyl (C=O) groups is 1. The zero-order valence-electron chi connectivity index (χ0n) is 11.8. The highest BCUT2D eigenvalue weighted by Crippen LogP contribution is 2.24. The van der Waals surface area contributed by atoms with Crippen LogP contribution in [0.25, 0.3) is 11.5 Å². The van der Waals surface area contributed by atoms with Crippen molar-refractivity contribution < 1.29 is 14.3 Å². The summed E-state index contributed by atoms with van der Waals surface area (Å²) in [7, 11) is 0. The van der Waals surface area contributed by atoms with Gasteiger partial charge in [0.1, 0.15) is 5.75 Å². The maximum atomic E-state index is 11.9. The van der Waals surface area contributed by atoms with Crippen molar-refractivity contribution in [3.8, 4) is 17.2 Å². The molecule has 0 saturated carbocycles. The van der Waals surface area contributed by atoms with Crippen LogP contribution in [0.3, 0.4) is 0 Å². The van der Waals surface area contributed by atoms with Crippen LogP contribution in [0, 0.1) is 0 Å². The molecule has 0 bridgehead atoms. The maximum absolute atomic E-state index is 11.9. The van der Waals surface area contributed by atoms with Gasteiger partial charge in [-0.2, -0.15) is 0 Å². The number of nitrogens with one attached hydrogen (secondary N) is 1. The first kappa shape index (κ1) is 15.0. The number of nitrogens with zero attached hydrogens (tertiary/aromatic N) is 3. The van der Waals surface area contributed by atoms with Crippen LogP contribution in [0.5, 0.6) is 5.75 Å². The van der Waals surface area contributed by atoms with Crippen LogP contribution < -0.4 is 5.32 Å². The third kappa shape index (κ3) is 3.86. The second-order valence-electron chi connectivity index (χ2n) is 4.45. The number of hydrogen-bond acceptors (Lipinski definition) is 8. The van der Waals surface area contributed by atoms with Crippen LogP contribution in [0.15, 0.2) is 58.4 Å². The monoisotopic (exact) mass is 328 g/mol. The van der Waals surface area contributed by atoms with Crippen LogP contribution in [0.1, 0.15) is 0 Å². The average Bonchev–Trinajstić information content (AvgIpc) is 3.03. The first-order valence-electron chi connectivity index (χ1n) is 6.69. The van der Waals surface area contributed by atoms with Crippen molar-refractivity contribution in [2.75, 3.05) is 11.9 Å². The van der Waals surface area contributed by atoms with Crippen LogP contribution in [0.2, 0.25) is 0 Å². The SMILES string of the molecule is O=C(CNc1ccccc1O)Sc1nnc(-c2ccncc2)o1. The number of para-hydroxylation sites is 2. The number of aromatic hydroxyl groups is 1. The van der Waals surface area contributed by atoms with Gasteiger partial charge in [0.25, 0.3) is 5.22 Å². The summed E-state index contributed by atoms with van der Waals surface area (Å²) < 4.78 is 5.43. The third-order valence-corrected chi connectivity index (χ3v) is 3.57. The van der Waals surface area contributed by atoms with E-state index in [9.17, 15) is 9.90 Å². The average molecular weight is 328 g/mol. The van der Waals surface area contributed by atoms with E-state index in [1.54, 1.807) is 48.8 Å². The van der Waals surface area contributed by atoms with Gasteiger partial charge in [0.2, 0.25) is 11.0 Å². The summed E-state index contributed by atoms with van der Waals surface area (Å²) in [5, 5.41) is 20.2. The van der Waals surface area contributed by atoms with Gasteiger partial charge in [-0.3, -0.25) is 9.78 Å². The Morgan fingerprint density at radius 1 is 1.17 bits per heavy atom. The number of benzene rings is 1. The number of aromatic nitrogens is 3. The first-order valence-corrected chi connectivity index (χ1v) is 7.50. The Morgan fingerprint density at radius 3 is 2.74 bits per heavy atom. The van der Waals surface area contributed by atoms with E-state index in [0.717, 1.165) is 17.3 Å². The fourth-order valence-corrected chi connectivity index (χ4v) is 2.33. The largest absolute Gasteiger partial charge is 0.506 e. The maximum Gasteiger partial charge on any atom is 0.284 e. The molecule has 0 amide bonds. The number of phenolic OH excluding ortho intramolecular Hbond substituents is 1. The normalized spacial score (nSPS) is 10.4. The van der Waals surface area contributed by atoms with E-state index >= 15 is 0 Å². The number of hydrogen-bond donors (Lipinski definition) is 2. The molecule has 116 valence electrons. The highest BCUT2D eigenvalue weighted by Gasteiger charge is 2.13. The minimum absolute atomic E-state index is 0.0230. The first-order chi connectivity index (χ1) is 11.2.